The summed E-state index contributed by atoms with van der Waals surface area (Å²) in [6, 6.07) is 5.89. The van der Waals surface area contributed by atoms with Gasteiger partial charge in [0.2, 0.25) is 6.79 Å². The Morgan fingerprint density at radius 3 is 2.88 bits per heavy atom. The molecule has 1 aromatic rings. The SMILES string of the molecule is CNC(CS(C)=O)c1ccc2c(c1)OCO2. The molecule has 4 nitrogen and oxygen atoms in total. The molecule has 0 aliphatic carbocycles. The fourth-order valence-electron chi connectivity index (χ4n) is 1.71. The molecule has 2 unspecified atom stereocenters. The molecule has 1 N–H and O–H groups in total. The van der Waals surface area contributed by atoms with E-state index >= 15 is 0 Å². The summed E-state index contributed by atoms with van der Waals surface area (Å²) < 4.78 is 21.8. The van der Waals surface area contributed by atoms with E-state index in [9.17, 15) is 4.21 Å². The van der Waals surface area contributed by atoms with E-state index < -0.39 is 10.8 Å². The molecule has 1 aliphatic rings. The van der Waals surface area contributed by atoms with E-state index in [1.54, 1.807) is 6.26 Å². The first-order valence-electron chi connectivity index (χ1n) is 5.07. The molecular weight excluding hydrogens is 226 g/mol. The third kappa shape index (κ3) is 2.36. The van der Waals surface area contributed by atoms with Crippen molar-refractivity contribution in [2.75, 3.05) is 25.8 Å². The average molecular weight is 241 g/mol. The second kappa shape index (κ2) is 4.84. The van der Waals surface area contributed by atoms with E-state index in [-0.39, 0.29) is 12.8 Å². The lowest BCUT2D eigenvalue weighted by atomic mass is 10.1. The van der Waals surface area contributed by atoms with Crippen LogP contribution in [0, 0.1) is 0 Å². The first kappa shape index (κ1) is 11.4. The average Bonchev–Trinajstić information content (AvgIpc) is 2.72. The van der Waals surface area contributed by atoms with Gasteiger partial charge in [0.1, 0.15) is 0 Å². The van der Waals surface area contributed by atoms with Crippen LogP contribution >= 0.6 is 0 Å². The van der Waals surface area contributed by atoms with Crippen LogP contribution in [0.25, 0.3) is 0 Å². The smallest absolute Gasteiger partial charge is 0.231 e. The molecule has 0 saturated carbocycles. The molecule has 0 spiro atoms. The molecule has 1 heterocycles. The second-order valence-electron chi connectivity index (χ2n) is 3.69. The molecule has 0 bridgehead atoms. The van der Waals surface area contributed by atoms with Crippen LogP contribution in [0.3, 0.4) is 0 Å². The van der Waals surface area contributed by atoms with Crippen molar-refractivity contribution in [2.45, 2.75) is 6.04 Å². The number of benzene rings is 1. The molecule has 16 heavy (non-hydrogen) atoms. The van der Waals surface area contributed by atoms with Crippen molar-refractivity contribution in [1.29, 1.82) is 0 Å². The number of hydrogen-bond acceptors (Lipinski definition) is 4. The highest BCUT2D eigenvalue weighted by Gasteiger charge is 2.17. The monoisotopic (exact) mass is 241 g/mol. The van der Waals surface area contributed by atoms with E-state index in [1.807, 2.05) is 25.2 Å². The minimum atomic E-state index is -0.829. The van der Waals surface area contributed by atoms with Gasteiger partial charge in [0.15, 0.2) is 11.5 Å². The molecule has 0 saturated heterocycles. The van der Waals surface area contributed by atoms with Crippen LogP contribution in [0.4, 0.5) is 0 Å². The minimum absolute atomic E-state index is 0.0836. The third-order valence-electron chi connectivity index (χ3n) is 2.55. The molecule has 0 fully saturated rings. The van der Waals surface area contributed by atoms with Crippen LogP contribution < -0.4 is 14.8 Å². The predicted molar refractivity (Wildman–Crippen MR) is 63.3 cm³/mol. The molecule has 0 amide bonds. The summed E-state index contributed by atoms with van der Waals surface area (Å²) in [6.07, 6.45) is 1.71. The zero-order valence-electron chi connectivity index (χ0n) is 9.36. The Labute approximate surface area is 97.4 Å². The van der Waals surface area contributed by atoms with Crippen molar-refractivity contribution < 1.29 is 13.7 Å². The summed E-state index contributed by atoms with van der Waals surface area (Å²) in [7, 11) is 1.03. The Kier molecular flexibility index (Phi) is 3.46. The predicted octanol–water partition coefficient (Wildman–Crippen LogP) is 1.05. The van der Waals surface area contributed by atoms with Crippen LogP contribution in [-0.4, -0.2) is 30.1 Å². The highest BCUT2D eigenvalue weighted by molar-refractivity contribution is 7.84. The van der Waals surface area contributed by atoms with Gasteiger partial charge in [-0.15, -0.1) is 0 Å². The van der Waals surface area contributed by atoms with Crippen LogP contribution in [-0.2, 0) is 10.8 Å². The Morgan fingerprint density at radius 2 is 2.19 bits per heavy atom. The van der Waals surface area contributed by atoms with E-state index in [1.165, 1.54) is 0 Å². The summed E-state index contributed by atoms with van der Waals surface area (Å²) in [6.45, 7) is 0.280. The molecule has 88 valence electrons. The maximum atomic E-state index is 11.2. The van der Waals surface area contributed by atoms with Gasteiger partial charge in [-0.05, 0) is 24.7 Å². The van der Waals surface area contributed by atoms with Crippen LogP contribution in [0.5, 0.6) is 11.5 Å². The highest BCUT2D eigenvalue weighted by Crippen LogP contribution is 2.34. The lowest BCUT2D eigenvalue weighted by Crippen LogP contribution is -2.22. The van der Waals surface area contributed by atoms with Gasteiger partial charge in [0, 0.05) is 28.9 Å². The Bertz CT molecular complexity index is 408. The lowest BCUT2D eigenvalue weighted by molar-refractivity contribution is 0.174. The van der Waals surface area contributed by atoms with Gasteiger partial charge < -0.3 is 14.8 Å². The highest BCUT2D eigenvalue weighted by atomic mass is 32.2. The summed E-state index contributed by atoms with van der Waals surface area (Å²) in [5, 5.41) is 3.15. The van der Waals surface area contributed by atoms with Gasteiger partial charge in [-0.3, -0.25) is 4.21 Å². The zero-order valence-corrected chi connectivity index (χ0v) is 10.2. The summed E-state index contributed by atoms with van der Waals surface area (Å²) >= 11 is 0. The molecular formula is C11H15NO3S. The van der Waals surface area contributed by atoms with Gasteiger partial charge in [0.25, 0.3) is 0 Å². The zero-order chi connectivity index (χ0) is 11.5. The normalized spacial score (nSPS) is 17.1. The van der Waals surface area contributed by atoms with Gasteiger partial charge in [-0.2, -0.15) is 0 Å². The number of rotatable bonds is 4. The second-order valence-corrected chi connectivity index (χ2v) is 5.17. The quantitative estimate of drug-likeness (QED) is 0.856. The minimum Gasteiger partial charge on any atom is -0.454 e. The van der Waals surface area contributed by atoms with Crippen molar-refractivity contribution in [1.82, 2.24) is 5.32 Å². The van der Waals surface area contributed by atoms with E-state index in [0.29, 0.717) is 5.75 Å². The Balaban J connectivity index is 2.21. The standard InChI is InChI=1S/C11H15NO3S/c1-12-9(6-16(2)13)8-3-4-10-11(5-8)15-7-14-10/h3-5,9,12H,6-7H2,1-2H3. The first-order valence-corrected chi connectivity index (χ1v) is 6.80. The Hall–Kier alpha value is -1.07. The largest absolute Gasteiger partial charge is 0.454 e. The topological polar surface area (TPSA) is 47.6 Å². The van der Waals surface area contributed by atoms with Gasteiger partial charge in [-0.25, -0.2) is 0 Å². The van der Waals surface area contributed by atoms with E-state index in [4.69, 9.17) is 9.47 Å². The maximum Gasteiger partial charge on any atom is 0.231 e. The van der Waals surface area contributed by atoms with Crippen molar-refractivity contribution in [2.24, 2.45) is 0 Å². The molecule has 2 atom stereocenters. The fourth-order valence-corrected chi connectivity index (χ4v) is 2.54. The number of hydrogen-bond donors (Lipinski definition) is 1. The van der Waals surface area contributed by atoms with Crippen molar-refractivity contribution in [3.05, 3.63) is 23.8 Å². The summed E-state index contributed by atoms with van der Waals surface area (Å²) in [5.74, 6) is 2.13. The van der Waals surface area contributed by atoms with Crippen molar-refractivity contribution >= 4 is 10.8 Å². The molecule has 0 radical (unpaired) electrons. The van der Waals surface area contributed by atoms with Crippen LogP contribution in [0.2, 0.25) is 0 Å². The molecule has 0 aromatic heterocycles. The number of fused-ring (bicyclic) bond motifs is 1. The van der Waals surface area contributed by atoms with Crippen molar-refractivity contribution in [3.63, 3.8) is 0 Å². The van der Waals surface area contributed by atoms with Gasteiger partial charge in [-0.1, -0.05) is 6.07 Å². The fraction of sp³-hybridized carbons (Fsp3) is 0.455. The van der Waals surface area contributed by atoms with Gasteiger partial charge >= 0.3 is 0 Å². The molecule has 1 aliphatic heterocycles. The van der Waals surface area contributed by atoms with Gasteiger partial charge in [0.05, 0.1) is 0 Å². The maximum absolute atomic E-state index is 11.2. The first-order chi connectivity index (χ1) is 7.70. The lowest BCUT2D eigenvalue weighted by Gasteiger charge is -2.15. The van der Waals surface area contributed by atoms with Crippen molar-refractivity contribution in [3.8, 4) is 11.5 Å². The Morgan fingerprint density at radius 1 is 1.44 bits per heavy atom. The van der Waals surface area contributed by atoms with E-state index in [2.05, 4.69) is 5.32 Å². The summed E-state index contributed by atoms with van der Waals surface area (Å²) in [5.41, 5.74) is 1.07. The number of nitrogens with one attached hydrogen (secondary N) is 1. The number of ether oxygens (including phenoxy) is 2. The summed E-state index contributed by atoms with van der Waals surface area (Å²) in [4.78, 5) is 0. The molecule has 2 rings (SSSR count). The van der Waals surface area contributed by atoms with E-state index in [0.717, 1.165) is 17.1 Å². The third-order valence-corrected chi connectivity index (χ3v) is 3.35. The molecule has 5 heteroatoms. The van der Waals surface area contributed by atoms with Crippen LogP contribution in [0.15, 0.2) is 18.2 Å². The van der Waals surface area contributed by atoms with Crippen LogP contribution in [0.1, 0.15) is 11.6 Å². The molecule has 1 aromatic carbocycles.